The van der Waals surface area contributed by atoms with E-state index in [0.717, 1.165) is 31.7 Å². The number of likely N-dealkylation sites (tertiary alicyclic amines) is 1. The van der Waals surface area contributed by atoms with Gasteiger partial charge in [0, 0.05) is 19.6 Å². The summed E-state index contributed by atoms with van der Waals surface area (Å²) in [5, 5.41) is 3.22. The average molecular weight is 374 g/mol. The molecule has 0 aromatic heterocycles. The van der Waals surface area contributed by atoms with E-state index in [1.54, 1.807) is 7.11 Å². The molecule has 1 aromatic carbocycles. The van der Waals surface area contributed by atoms with Gasteiger partial charge in [-0.15, -0.1) is 0 Å². The summed E-state index contributed by atoms with van der Waals surface area (Å²) in [6, 6.07) is 8.96. The van der Waals surface area contributed by atoms with Crippen LogP contribution in [0, 0.1) is 0 Å². The topological polar surface area (TPSA) is 44.8 Å². The molecule has 3 rings (SSSR count). The normalized spacial score (nSPS) is 20.1. The summed E-state index contributed by atoms with van der Waals surface area (Å²) in [5.74, 6) is 0.871. The summed E-state index contributed by atoms with van der Waals surface area (Å²) in [7, 11) is 3.65. The molecule has 2 amide bonds. The van der Waals surface area contributed by atoms with Crippen molar-refractivity contribution in [2.24, 2.45) is 0 Å². The van der Waals surface area contributed by atoms with Crippen LogP contribution in [0.15, 0.2) is 24.3 Å². The summed E-state index contributed by atoms with van der Waals surface area (Å²) >= 11 is 0. The maximum Gasteiger partial charge on any atom is 0.317 e. The standard InChI is InChI=1S/C22H35N3O2/c1-24(19-9-5-3-4-6-10-19)22(26)23-17-21(25-15-7-8-16-25)18-11-13-20(27-2)14-12-18/h11-14,19,21H,3-10,15-17H2,1-2H3,(H,23,26). The molecule has 0 spiro atoms. The third kappa shape index (κ3) is 5.38. The number of benzene rings is 1. The van der Waals surface area contributed by atoms with Crippen LogP contribution < -0.4 is 10.1 Å². The maximum atomic E-state index is 12.8. The first-order valence-electron chi connectivity index (χ1n) is 10.6. The Balaban J connectivity index is 1.62. The molecular weight excluding hydrogens is 338 g/mol. The van der Waals surface area contributed by atoms with Crippen LogP contribution in [-0.4, -0.2) is 55.7 Å². The molecule has 27 heavy (non-hydrogen) atoms. The van der Waals surface area contributed by atoms with Crippen molar-refractivity contribution in [3.05, 3.63) is 29.8 Å². The van der Waals surface area contributed by atoms with Gasteiger partial charge in [0.25, 0.3) is 0 Å². The van der Waals surface area contributed by atoms with Gasteiger partial charge in [0.2, 0.25) is 0 Å². The molecule has 1 N–H and O–H groups in total. The van der Waals surface area contributed by atoms with Crippen LogP contribution in [0.25, 0.3) is 0 Å². The van der Waals surface area contributed by atoms with Gasteiger partial charge in [-0.05, 0) is 56.5 Å². The Hall–Kier alpha value is -1.75. The lowest BCUT2D eigenvalue weighted by atomic mass is 10.1. The molecule has 1 unspecified atom stereocenters. The molecule has 0 bridgehead atoms. The number of hydrogen-bond acceptors (Lipinski definition) is 3. The fourth-order valence-electron chi connectivity index (χ4n) is 4.46. The summed E-state index contributed by atoms with van der Waals surface area (Å²) in [5.41, 5.74) is 1.25. The number of amides is 2. The van der Waals surface area contributed by atoms with Crippen LogP contribution in [0.2, 0.25) is 0 Å². The number of carbonyl (C=O) groups is 1. The molecule has 0 radical (unpaired) electrons. The van der Waals surface area contributed by atoms with Gasteiger partial charge < -0.3 is 15.0 Å². The average Bonchev–Trinajstić information content (AvgIpc) is 3.09. The number of nitrogens with one attached hydrogen (secondary N) is 1. The van der Waals surface area contributed by atoms with Crippen molar-refractivity contribution in [3.8, 4) is 5.75 Å². The van der Waals surface area contributed by atoms with Gasteiger partial charge in [-0.25, -0.2) is 4.79 Å². The van der Waals surface area contributed by atoms with Gasteiger partial charge in [-0.2, -0.15) is 0 Å². The molecular formula is C22H35N3O2. The molecule has 150 valence electrons. The third-order valence-electron chi connectivity index (χ3n) is 6.22. The van der Waals surface area contributed by atoms with Crippen molar-refractivity contribution in [2.45, 2.75) is 63.5 Å². The van der Waals surface area contributed by atoms with E-state index in [9.17, 15) is 4.79 Å². The number of urea groups is 1. The lowest BCUT2D eigenvalue weighted by Gasteiger charge is -2.31. The first-order valence-corrected chi connectivity index (χ1v) is 10.6. The first kappa shape index (κ1) is 20.0. The van der Waals surface area contributed by atoms with Gasteiger partial charge in [0.1, 0.15) is 5.75 Å². The highest BCUT2D eigenvalue weighted by molar-refractivity contribution is 5.74. The van der Waals surface area contributed by atoms with Crippen LogP contribution in [0.3, 0.4) is 0 Å². The zero-order chi connectivity index (χ0) is 19.1. The van der Waals surface area contributed by atoms with Gasteiger partial charge >= 0.3 is 6.03 Å². The van der Waals surface area contributed by atoms with Gasteiger partial charge in [0.15, 0.2) is 0 Å². The first-order chi connectivity index (χ1) is 13.2. The quantitative estimate of drug-likeness (QED) is 0.760. The van der Waals surface area contributed by atoms with Crippen LogP contribution in [0.4, 0.5) is 4.79 Å². The zero-order valence-corrected chi connectivity index (χ0v) is 17.0. The minimum atomic E-state index is 0.0691. The predicted octanol–water partition coefficient (Wildman–Crippen LogP) is 4.20. The summed E-state index contributed by atoms with van der Waals surface area (Å²) in [6.07, 6.45) is 9.84. The van der Waals surface area contributed by atoms with E-state index in [-0.39, 0.29) is 12.1 Å². The summed E-state index contributed by atoms with van der Waals surface area (Å²) in [4.78, 5) is 17.2. The highest BCUT2D eigenvalue weighted by atomic mass is 16.5. The number of methoxy groups -OCH3 is 1. The SMILES string of the molecule is COc1ccc(C(CNC(=O)N(C)C2CCCCCC2)N2CCCC2)cc1. The Morgan fingerprint density at radius 3 is 2.33 bits per heavy atom. The highest BCUT2D eigenvalue weighted by Crippen LogP contribution is 2.26. The second-order valence-corrected chi connectivity index (χ2v) is 7.97. The monoisotopic (exact) mass is 373 g/mol. The molecule has 1 atom stereocenters. The molecule has 5 heteroatoms. The maximum absolute atomic E-state index is 12.8. The van der Waals surface area contributed by atoms with E-state index < -0.39 is 0 Å². The highest BCUT2D eigenvalue weighted by Gasteiger charge is 2.26. The van der Waals surface area contributed by atoms with Gasteiger partial charge in [0.05, 0.1) is 13.2 Å². The van der Waals surface area contributed by atoms with Crippen molar-refractivity contribution >= 4 is 6.03 Å². The Labute approximate surface area is 164 Å². The van der Waals surface area contributed by atoms with E-state index >= 15 is 0 Å². The molecule has 2 fully saturated rings. The number of carbonyl (C=O) groups excluding carboxylic acids is 1. The molecule has 2 aliphatic rings. The Bertz CT molecular complexity index is 576. The summed E-state index contributed by atoms with van der Waals surface area (Å²) < 4.78 is 5.29. The Morgan fingerprint density at radius 1 is 1.11 bits per heavy atom. The largest absolute Gasteiger partial charge is 0.497 e. The molecule has 1 aliphatic carbocycles. The van der Waals surface area contributed by atoms with Crippen LogP contribution in [0.5, 0.6) is 5.75 Å². The number of rotatable bonds is 6. The molecule has 5 nitrogen and oxygen atoms in total. The van der Waals surface area contributed by atoms with E-state index in [1.165, 1.54) is 44.1 Å². The number of ether oxygens (including phenoxy) is 1. The molecule has 1 heterocycles. The van der Waals surface area contributed by atoms with Crippen LogP contribution in [0.1, 0.15) is 63.0 Å². The molecule has 1 aliphatic heterocycles. The minimum Gasteiger partial charge on any atom is -0.497 e. The Morgan fingerprint density at radius 2 is 1.74 bits per heavy atom. The van der Waals surface area contributed by atoms with Crippen molar-refractivity contribution in [1.82, 2.24) is 15.1 Å². The van der Waals surface area contributed by atoms with Crippen molar-refractivity contribution in [3.63, 3.8) is 0 Å². The van der Waals surface area contributed by atoms with E-state index in [2.05, 4.69) is 22.3 Å². The van der Waals surface area contributed by atoms with E-state index in [4.69, 9.17) is 4.74 Å². The van der Waals surface area contributed by atoms with Crippen molar-refractivity contribution in [1.29, 1.82) is 0 Å². The van der Waals surface area contributed by atoms with Gasteiger partial charge in [-0.3, -0.25) is 4.90 Å². The second-order valence-electron chi connectivity index (χ2n) is 7.97. The molecule has 1 saturated heterocycles. The van der Waals surface area contributed by atoms with Crippen molar-refractivity contribution in [2.75, 3.05) is 33.8 Å². The van der Waals surface area contributed by atoms with Crippen LogP contribution >= 0.6 is 0 Å². The fourth-order valence-corrected chi connectivity index (χ4v) is 4.46. The fraction of sp³-hybridized carbons (Fsp3) is 0.682. The lowest BCUT2D eigenvalue weighted by Crippen LogP contribution is -2.46. The van der Waals surface area contributed by atoms with E-state index in [1.807, 2.05) is 24.1 Å². The smallest absolute Gasteiger partial charge is 0.317 e. The van der Waals surface area contributed by atoms with Gasteiger partial charge in [-0.1, -0.05) is 37.8 Å². The lowest BCUT2D eigenvalue weighted by molar-refractivity contribution is 0.176. The van der Waals surface area contributed by atoms with Crippen molar-refractivity contribution < 1.29 is 9.53 Å². The van der Waals surface area contributed by atoms with Crippen LogP contribution in [-0.2, 0) is 0 Å². The number of hydrogen-bond donors (Lipinski definition) is 1. The third-order valence-corrected chi connectivity index (χ3v) is 6.22. The number of nitrogens with zero attached hydrogens (tertiary/aromatic N) is 2. The second kappa shape index (κ2) is 9.98. The minimum absolute atomic E-state index is 0.0691. The van der Waals surface area contributed by atoms with E-state index in [0.29, 0.717) is 12.6 Å². The predicted molar refractivity (Wildman–Crippen MR) is 109 cm³/mol. The Kier molecular flexibility index (Phi) is 7.39. The molecule has 1 aromatic rings. The summed E-state index contributed by atoms with van der Waals surface area (Å²) in [6.45, 7) is 2.86. The zero-order valence-electron chi connectivity index (χ0n) is 17.0. The molecule has 1 saturated carbocycles.